The lowest BCUT2D eigenvalue weighted by atomic mass is 10.4. The van der Waals surface area contributed by atoms with E-state index in [2.05, 4.69) is 41.9 Å². The minimum atomic E-state index is -3.60. The van der Waals surface area contributed by atoms with E-state index in [9.17, 15) is 8.42 Å². The largest absolute Gasteiger partial charge is 0.452 e. The normalized spacial score (nSPS) is 11.9. The van der Waals surface area contributed by atoms with Crippen molar-refractivity contribution in [3.8, 4) is 0 Å². The first kappa shape index (κ1) is 16.2. The Labute approximate surface area is 138 Å². The Morgan fingerprint density at radius 3 is 2.65 bits per heavy atom. The maximum Gasteiger partial charge on any atom is 0.245 e. The first-order chi connectivity index (χ1) is 9.42. The quantitative estimate of drug-likeness (QED) is 0.719. The van der Waals surface area contributed by atoms with Gasteiger partial charge < -0.3 is 9.73 Å². The fourth-order valence-corrected chi connectivity index (χ4v) is 5.02. The average molecular weight is 444 g/mol. The van der Waals surface area contributed by atoms with Crippen LogP contribution in [0.4, 0.5) is 0 Å². The highest BCUT2D eigenvalue weighted by molar-refractivity contribution is 9.10. The fourth-order valence-electron chi connectivity index (χ4n) is 1.53. The van der Waals surface area contributed by atoms with E-state index in [1.807, 2.05) is 11.4 Å². The van der Waals surface area contributed by atoms with Gasteiger partial charge in [-0.1, -0.05) is 0 Å². The Hall–Kier alpha value is -0.190. The van der Waals surface area contributed by atoms with E-state index in [0.717, 1.165) is 9.35 Å². The van der Waals surface area contributed by atoms with E-state index >= 15 is 0 Å². The van der Waals surface area contributed by atoms with Crippen LogP contribution in [0.2, 0.25) is 0 Å². The lowest BCUT2D eigenvalue weighted by molar-refractivity contribution is 0.470. The van der Waals surface area contributed by atoms with Gasteiger partial charge in [0.2, 0.25) is 10.0 Å². The van der Waals surface area contributed by atoms with Gasteiger partial charge in [-0.15, -0.1) is 11.3 Å². The first-order valence-corrected chi connectivity index (χ1v) is 9.52. The zero-order chi connectivity index (χ0) is 14.8. The van der Waals surface area contributed by atoms with E-state index in [4.69, 9.17) is 4.42 Å². The van der Waals surface area contributed by atoms with E-state index in [0.29, 0.717) is 12.3 Å². The van der Waals surface area contributed by atoms with Gasteiger partial charge in [-0.05, 0) is 45.0 Å². The molecule has 0 aliphatic carbocycles. The zero-order valence-corrected chi connectivity index (χ0v) is 15.2. The Morgan fingerprint density at radius 2 is 2.05 bits per heavy atom. The topological polar surface area (TPSA) is 71.3 Å². The average Bonchev–Trinajstić information content (AvgIpc) is 2.94. The van der Waals surface area contributed by atoms with Gasteiger partial charge in [0.1, 0.15) is 10.7 Å². The van der Waals surface area contributed by atoms with Gasteiger partial charge in [-0.3, -0.25) is 0 Å². The van der Waals surface area contributed by atoms with Crippen molar-refractivity contribution in [2.75, 3.05) is 7.05 Å². The van der Waals surface area contributed by atoms with Crippen molar-refractivity contribution in [1.82, 2.24) is 10.0 Å². The molecular weight excluding hydrogens is 432 g/mol. The third-order valence-electron chi connectivity index (χ3n) is 2.41. The van der Waals surface area contributed by atoms with Crippen molar-refractivity contribution in [3.63, 3.8) is 0 Å². The highest BCUT2D eigenvalue weighted by Gasteiger charge is 2.22. The number of hydrogen-bond acceptors (Lipinski definition) is 5. The molecule has 0 atom stereocenters. The Bertz CT molecular complexity index is 694. The summed E-state index contributed by atoms with van der Waals surface area (Å²) in [5.41, 5.74) is 0. The molecule has 0 saturated carbocycles. The predicted octanol–water partition coefficient (Wildman–Crippen LogP) is 3.06. The molecule has 0 bridgehead atoms. The van der Waals surface area contributed by atoms with Crippen molar-refractivity contribution in [1.29, 1.82) is 0 Å². The van der Waals surface area contributed by atoms with Gasteiger partial charge in [-0.25, -0.2) is 13.1 Å². The monoisotopic (exact) mass is 442 g/mol. The first-order valence-electron chi connectivity index (χ1n) is 5.58. The van der Waals surface area contributed by atoms with Gasteiger partial charge in [0.05, 0.1) is 6.54 Å². The summed E-state index contributed by atoms with van der Waals surface area (Å²) in [6.45, 7) is 0.712. The molecule has 5 nitrogen and oxygen atoms in total. The molecule has 2 aromatic rings. The molecule has 0 unspecified atom stereocenters. The van der Waals surface area contributed by atoms with Crippen LogP contribution in [0.1, 0.15) is 10.6 Å². The Balaban J connectivity index is 2.13. The summed E-state index contributed by atoms with van der Waals surface area (Å²) in [4.78, 5) is 1.04. The summed E-state index contributed by atoms with van der Waals surface area (Å²) in [7, 11) is -1.84. The van der Waals surface area contributed by atoms with Crippen molar-refractivity contribution in [2.24, 2.45) is 0 Å². The molecule has 0 aliphatic heterocycles. The number of sulfonamides is 1. The Morgan fingerprint density at radius 1 is 1.30 bits per heavy atom. The minimum Gasteiger partial charge on any atom is -0.452 e. The second-order valence-corrected chi connectivity index (χ2v) is 8.30. The minimum absolute atomic E-state index is 0.110. The van der Waals surface area contributed by atoms with Crippen LogP contribution in [-0.2, 0) is 23.1 Å². The third-order valence-corrected chi connectivity index (χ3v) is 6.36. The van der Waals surface area contributed by atoms with Crippen LogP contribution in [0.5, 0.6) is 0 Å². The van der Waals surface area contributed by atoms with E-state index < -0.39 is 10.0 Å². The van der Waals surface area contributed by atoms with Crippen LogP contribution >= 0.6 is 43.2 Å². The molecule has 0 spiro atoms. The van der Waals surface area contributed by atoms with Gasteiger partial charge in [-0.2, -0.15) is 0 Å². The number of nitrogens with one attached hydrogen (secondary N) is 2. The summed E-state index contributed by atoms with van der Waals surface area (Å²) < 4.78 is 33.5. The molecule has 0 fully saturated rings. The molecule has 20 heavy (non-hydrogen) atoms. The lowest BCUT2D eigenvalue weighted by Crippen LogP contribution is -2.22. The van der Waals surface area contributed by atoms with Gasteiger partial charge in [0.25, 0.3) is 0 Å². The predicted molar refractivity (Wildman–Crippen MR) is 85.2 cm³/mol. The van der Waals surface area contributed by atoms with Crippen LogP contribution < -0.4 is 10.0 Å². The standard InChI is InChI=1S/C11H12Br2N2O3S2/c1-14-4-8-3-10(11(13)18-8)20(16,17)15-5-9-2-7(12)6-19-9/h2-3,6,14-15H,4-5H2,1H3. The molecule has 9 heteroatoms. The number of rotatable bonds is 6. The second-order valence-electron chi connectivity index (χ2n) is 3.94. The van der Waals surface area contributed by atoms with Gasteiger partial charge in [0.15, 0.2) is 4.67 Å². The van der Waals surface area contributed by atoms with Crippen LogP contribution in [0, 0.1) is 0 Å². The molecule has 0 saturated heterocycles. The summed E-state index contributed by atoms with van der Waals surface area (Å²) in [6.07, 6.45) is 0. The molecule has 2 rings (SSSR count). The fraction of sp³-hybridized carbons (Fsp3) is 0.273. The molecular formula is C11H12Br2N2O3S2. The zero-order valence-electron chi connectivity index (χ0n) is 10.4. The number of halogens is 2. The Kier molecular flexibility index (Phi) is 5.43. The van der Waals surface area contributed by atoms with Gasteiger partial charge in [0, 0.05) is 27.3 Å². The van der Waals surface area contributed by atoms with Crippen LogP contribution in [0.25, 0.3) is 0 Å². The van der Waals surface area contributed by atoms with Crippen molar-refractivity contribution < 1.29 is 12.8 Å². The number of hydrogen-bond donors (Lipinski definition) is 2. The third kappa shape index (κ3) is 3.92. The molecule has 0 aliphatic rings. The summed E-state index contributed by atoms with van der Waals surface area (Å²) in [6, 6.07) is 3.39. The SMILES string of the molecule is CNCc1cc(S(=O)(=O)NCc2cc(Br)cs2)c(Br)o1. The van der Waals surface area contributed by atoms with Crippen molar-refractivity contribution in [2.45, 2.75) is 18.0 Å². The number of thiophene rings is 1. The smallest absolute Gasteiger partial charge is 0.245 e. The van der Waals surface area contributed by atoms with E-state index in [-0.39, 0.29) is 16.1 Å². The molecule has 0 aromatic carbocycles. The van der Waals surface area contributed by atoms with Crippen molar-refractivity contribution in [3.05, 3.63) is 37.3 Å². The van der Waals surface area contributed by atoms with Crippen molar-refractivity contribution >= 4 is 53.2 Å². The van der Waals surface area contributed by atoms with E-state index in [1.54, 1.807) is 7.05 Å². The molecule has 0 amide bonds. The lowest BCUT2D eigenvalue weighted by Gasteiger charge is -2.03. The number of furan rings is 1. The molecule has 2 aromatic heterocycles. The molecule has 2 heterocycles. The highest BCUT2D eigenvalue weighted by atomic mass is 79.9. The van der Waals surface area contributed by atoms with Gasteiger partial charge >= 0.3 is 0 Å². The molecule has 2 N–H and O–H groups in total. The van der Waals surface area contributed by atoms with E-state index in [1.165, 1.54) is 17.4 Å². The maximum absolute atomic E-state index is 12.2. The second kappa shape index (κ2) is 6.71. The molecule has 110 valence electrons. The van der Waals surface area contributed by atoms with Crippen LogP contribution in [0.15, 0.2) is 36.0 Å². The summed E-state index contributed by atoms with van der Waals surface area (Å²) >= 11 is 7.95. The molecule has 0 radical (unpaired) electrons. The van der Waals surface area contributed by atoms with Crippen LogP contribution in [-0.4, -0.2) is 15.5 Å². The highest BCUT2D eigenvalue weighted by Crippen LogP contribution is 2.26. The summed E-state index contributed by atoms with van der Waals surface area (Å²) in [5.74, 6) is 0.554. The maximum atomic E-state index is 12.2. The summed E-state index contributed by atoms with van der Waals surface area (Å²) in [5, 5.41) is 4.81. The van der Waals surface area contributed by atoms with Crippen LogP contribution in [0.3, 0.4) is 0 Å².